The lowest BCUT2D eigenvalue weighted by atomic mass is 10.1. The third kappa shape index (κ3) is 3.32. The van der Waals surface area contributed by atoms with E-state index in [0.29, 0.717) is 11.8 Å². The van der Waals surface area contributed by atoms with Gasteiger partial charge in [-0.1, -0.05) is 44.2 Å². The standard InChI is InChI=1S/C15H21NO/c1-11(2)8-9-16-15(17)14-10-13(14)12-6-4-3-5-7-12/h3-7,11,13-14H,8-10H2,1-2H3,(H,16,17). The maximum Gasteiger partial charge on any atom is 0.223 e. The van der Waals surface area contributed by atoms with Gasteiger partial charge >= 0.3 is 0 Å². The summed E-state index contributed by atoms with van der Waals surface area (Å²) in [5.74, 6) is 1.55. The van der Waals surface area contributed by atoms with Crippen LogP contribution in [0.1, 0.15) is 38.2 Å². The van der Waals surface area contributed by atoms with Gasteiger partial charge < -0.3 is 5.32 Å². The molecule has 0 saturated heterocycles. The zero-order chi connectivity index (χ0) is 12.3. The number of amides is 1. The van der Waals surface area contributed by atoms with Crippen molar-refractivity contribution in [3.63, 3.8) is 0 Å². The Bertz CT molecular complexity index is 372. The number of hydrogen-bond acceptors (Lipinski definition) is 1. The highest BCUT2D eigenvalue weighted by Crippen LogP contribution is 2.47. The van der Waals surface area contributed by atoms with Gasteiger partial charge in [-0.3, -0.25) is 4.79 Å². The van der Waals surface area contributed by atoms with E-state index in [9.17, 15) is 4.79 Å². The Morgan fingerprint density at radius 1 is 1.35 bits per heavy atom. The second kappa shape index (κ2) is 5.35. The number of carbonyl (C=O) groups is 1. The van der Waals surface area contributed by atoms with Crippen LogP contribution in [0.2, 0.25) is 0 Å². The Morgan fingerprint density at radius 2 is 2.06 bits per heavy atom. The fourth-order valence-corrected chi connectivity index (χ4v) is 2.17. The van der Waals surface area contributed by atoms with E-state index in [-0.39, 0.29) is 11.8 Å². The highest BCUT2D eigenvalue weighted by Gasteiger charge is 2.43. The molecule has 0 bridgehead atoms. The van der Waals surface area contributed by atoms with E-state index in [1.54, 1.807) is 0 Å². The van der Waals surface area contributed by atoms with Gasteiger partial charge in [0.1, 0.15) is 0 Å². The van der Waals surface area contributed by atoms with E-state index >= 15 is 0 Å². The second-order valence-corrected chi connectivity index (χ2v) is 5.33. The Labute approximate surface area is 103 Å². The lowest BCUT2D eigenvalue weighted by Crippen LogP contribution is -2.27. The van der Waals surface area contributed by atoms with Gasteiger partial charge in [0.05, 0.1) is 0 Å². The molecular weight excluding hydrogens is 210 g/mol. The van der Waals surface area contributed by atoms with Crippen molar-refractivity contribution in [3.05, 3.63) is 35.9 Å². The Morgan fingerprint density at radius 3 is 2.71 bits per heavy atom. The van der Waals surface area contributed by atoms with E-state index in [2.05, 4.69) is 31.3 Å². The molecule has 0 aromatic heterocycles. The monoisotopic (exact) mass is 231 g/mol. The van der Waals surface area contributed by atoms with Crippen LogP contribution in [0.25, 0.3) is 0 Å². The van der Waals surface area contributed by atoms with Gasteiger partial charge in [-0.25, -0.2) is 0 Å². The molecule has 0 aliphatic heterocycles. The van der Waals surface area contributed by atoms with E-state index in [4.69, 9.17) is 0 Å². The molecule has 1 aliphatic carbocycles. The summed E-state index contributed by atoms with van der Waals surface area (Å²) >= 11 is 0. The van der Waals surface area contributed by atoms with Gasteiger partial charge in [-0.2, -0.15) is 0 Å². The molecule has 1 saturated carbocycles. The number of benzene rings is 1. The average Bonchev–Trinajstić information content (AvgIpc) is 3.09. The number of carbonyl (C=O) groups excluding carboxylic acids is 1. The first-order chi connectivity index (χ1) is 8.18. The lowest BCUT2D eigenvalue weighted by molar-refractivity contribution is -0.122. The van der Waals surface area contributed by atoms with Gasteiger partial charge in [0, 0.05) is 12.5 Å². The SMILES string of the molecule is CC(C)CCNC(=O)C1CC1c1ccccc1. The minimum Gasteiger partial charge on any atom is -0.356 e. The molecular formula is C15H21NO. The molecule has 1 N–H and O–H groups in total. The minimum absolute atomic E-state index is 0.213. The molecule has 2 atom stereocenters. The van der Waals surface area contributed by atoms with Crippen molar-refractivity contribution in [2.24, 2.45) is 11.8 Å². The van der Waals surface area contributed by atoms with E-state index < -0.39 is 0 Å². The van der Waals surface area contributed by atoms with Crippen LogP contribution in [0.3, 0.4) is 0 Å². The maximum atomic E-state index is 11.9. The molecule has 0 heterocycles. The fraction of sp³-hybridized carbons (Fsp3) is 0.533. The zero-order valence-electron chi connectivity index (χ0n) is 10.6. The highest BCUT2D eigenvalue weighted by atomic mass is 16.2. The van der Waals surface area contributed by atoms with E-state index in [1.165, 1.54) is 5.56 Å². The lowest BCUT2D eigenvalue weighted by Gasteiger charge is -2.06. The summed E-state index contributed by atoms with van der Waals surface area (Å²) in [4.78, 5) is 11.9. The molecule has 1 aromatic rings. The molecule has 0 radical (unpaired) electrons. The van der Waals surface area contributed by atoms with Crippen LogP contribution in [0.4, 0.5) is 0 Å². The van der Waals surface area contributed by atoms with Crippen LogP contribution in [-0.2, 0) is 4.79 Å². The van der Waals surface area contributed by atoms with Gasteiger partial charge in [0.2, 0.25) is 5.91 Å². The fourth-order valence-electron chi connectivity index (χ4n) is 2.17. The van der Waals surface area contributed by atoms with Gasteiger partial charge in [-0.05, 0) is 30.2 Å². The molecule has 92 valence electrons. The summed E-state index contributed by atoms with van der Waals surface area (Å²) in [5, 5.41) is 3.04. The van der Waals surface area contributed by atoms with Crippen molar-refractivity contribution in [3.8, 4) is 0 Å². The van der Waals surface area contributed by atoms with Crippen molar-refractivity contribution in [1.82, 2.24) is 5.32 Å². The summed E-state index contributed by atoms with van der Waals surface area (Å²) in [6, 6.07) is 10.3. The third-order valence-electron chi connectivity index (χ3n) is 3.38. The number of hydrogen-bond donors (Lipinski definition) is 1. The van der Waals surface area contributed by atoms with Crippen LogP contribution in [0, 0.1) is 11.8 Å². The van der Waals surface area contributed by atoms with Crippen molar-refractivity contribution >= 4 is 5.91 Å². The summed E-state index contributed by atoms with van der Waals surface area (Å²) in [6.45, 7) is 5.17. The summed E-state index contributed by atoms with van der Waals surface area (Å²) < 4.78 is 0. The smallest absolute Gasteiger partial charge is 0.223 e. The molecule has 2 unspecified atom stereocenters. The second-order valence-electron chi connectivity index (χ2n) is 5.33. The first kappa shape index (κ1) is 12.2. The van der Waals surface area contributed by atoms with E-state index in [1.807, 2.05) is 18.2 Å². The van der Waals surface area contributed by atoms with Crippen molar-refractivity contribution < 1.29 is 4.79 Å². The molecule has 2 rings (SSSR count). The average molecular weight is 231 g/mol. The van der Waals surface area contributed by atoms with Gasteiger partial charge in [0.25, 0.3) is 0 Å². The van der Waals surface area contributed by atoms with Crippen LogP contribution < -0.4 is 5.32 Å². The quantitative estimate of drug-likeness (QED) is 0.829. The normalized spacial score (nSPS) is 22.5. The van der Waals surface area contributed by atoms with Crippen LogP contribution in [-0.4, -0.2) is 12.5 Å². The Kier molecular flexibility index (Phi) is 3.82. The number of rotatable bonds is 5. The zero-order valence-corrected chi connectivity index (χ0v) is 10.6. The summed E-state index contributed by atoms with van der Waals surface area (Å²) in [5.41, 5.74) is 1.30. The first-order valence-electron chi connectivity index (χ1n) is 6.51. The van der Waals surface area contributed by atoms with Crippen molar-refractivity contribution in [2.75, 3.05) is 6.54 Å². The molecule has 1 aliphatic rings. The van der Waals surface area contributed by atoms with E-state index in [0.717, 1.165) is 19.4 Å². The Balaban J connectivity index is 1.77. The van der Waals surface area contributed by atoms with Crippen LogP contribution in [0.15, 0.2) is 30.3 Å². The molecule has 17 heavy (non-hydrogen) atoms. The summed E-state index contributed by atoms with van der Waals surface area (Å²) in [7, 11) is 0. The van der Waals surface area contributed by atoms with Gasteiger partial charge in [-0.15, -0.1) is 0 Å². The molecule has 1 amide bonds. The molecule has 1 fully saturated rings. The number of nitrogens with one attached hydrogen (secondary N) is 1. The molecule has 1 aromatic carbocycles. The Hall–Kier alpha value is -1.31. The minimum atomic E-state index is 0.213. The van der Waals surface area contributed by atoms with Crippen LogP contribution in [0.5, 0.6) is 0 Å². The van der Waals surface area contributed by atoms with Gasteiger partial charge in [0.15, 0.2) is 0 Å². The highest BCUT2D eigenvalue weighted by molar-refractivity contribution is 5.82. The topological polar surface area (TPSA) is 29.1 Å². The molecule has 0 spiro atoms. The summed E-state index contributed by atoms with van der Waals surface area (Å²) in [6.07, 6.45) is 2.08. The first-order valence-corrected chi connectivity index (χ1v) is 6.51. The molecule has 2 nitrogen and oxygen atoms in total. The predicted octanol–water partition coefficient (Wildman–Crippen LogP) is 2.95. The van der Waals surface area contributed by atoms with Crippen LogP contribution >= 0.6 is 0 Å². The largest absolute Gasteiger partial charge is 0.356 e. The third-order valence-corrected chi connectivity index (χ3v) is 3.38. The maximum absolute atomic E-state index is 11.9. The molecule has 2 heteroatoms. The predicted molar refractivity (Wildman–Crippen MR) is 69.8 cm³/mol. The van der Waals surface area contributed by atoms with Crippen molar-refractivity contribution in [1.29, 1.82) is 0 Å². The van der Waals surface area contributed by atoms with Crippen molar-refractivity contribution in [2.45, 2.75) is 32.6 Å².